The molecule has 2 aromatic carbocycles. The van der Waals surface area contributed by atoms with E-state index in [1.807, 2.05) is 18.2 Å². The van der Waals surface area contributed by atoms with E-state index in [0.29, 0.717) is 22.7 Å². The summed E-state index contributed by atoms with van der Waals surface area (Å²) in [6.07, 6.45) is 2.72. The lowest BCUT2D eigenvalue weighted by Crippen LogP contribution is -2.37. The molecule has 168 valence electrons. The summed E-state index contributed by atoms with van der Waals surface area (Å²) in [7, 11) is 3.02. The number of Topliss-reactive ketones (excluding diaryl/α,β-unsaturated/α-hetero) is 1. The molecule has 2 aliphatic carbocycles. The first-order chi connectivity index (χ1) is 15.5. The van der Waals surface area contributed by atoms with Crippen LogP contribution < -0.4 is 14.8 Å². The van der Waals surface area contributed by atoms with Crippen LogP contribution >= 0.6 is 0 Å². The first-order valence-electron chi connectivity index (χ1n) is 10.8. The first-order valence-corrected chi connectivity index (χ1v) is 10.8. The van der Waals surface area contributed by atoms with Crippen LogP contribution in [0.25, 0.3) is 0 Å². The smallest absolute Gasteiger partial charge is 0.310 e. The van der Waals surface area contributed by atoms with E-state index in [-0.39, 0.29) is 23.5 Å². The number of ether oxygens (including phenoxy) is 3. The SMILES string of the molecule is COc1ccc(OC)c(NC(=O)COC(=O)[C@H]2[C@H]3CC[C@@H](C3)[C@@H]2C(=O)c2ccccc2)c1. The molecule has 1 N–H and O–H groups in total. The highest BCUT2D eigenvalue weighted by Gasteiger charge is 2.54. The summed E-state index contributed by atoms with van der Waals surface area (Å²) in [6, 6.07) is 14.1. The average Bonchev–Trinajstić information content (AvgIpc) is 3.44. The van der Waals surface area contributed by atoms with Gasteiger partial charge in [0, 0.05) is 17.5 Å². The van der Waals surface area contributed by atoms with Gasteiger partial charge >= 0.3 is 5.97 Å². The maximum absolute atomic E-state index is 13.1. The zero-order valence-corrected chi connectivity index (χ0v) is 18.2. The molecule has 0 aromatic heterocycles. The van der Waals surface area contributed by atoms with Crippen molar-refractivity contribution in [3.63, 3.8) is 0 Å². The lowest BCUT2D eigenvalue weighted by atomic mass is 9.75. The van der Waals surface area contributed by atoms with Gasteiger partial charge in [-0.15, -0.1) is 0 Å². The Bertz CT molecular complexity index is 1000. The van der Waals surface area contributed by atoms with Crippen LogP contribution in [-0.4, -0.2) is 38.5 Å². The van der Waals surface area contributed by atoms with Crippen molar-refractivity contribution >= 4 is 23.3 Å². The summed E-state index contributed by atoms with van der Waals surface area (Å²) in [5.41, 5.74) is 1.04. The van der Waals surface area contributed by atoms with Crippen molar-refractivity contribution < 1.29 is 28.6 Å². The monoisotopic (exact) mass is 437 g/mol. The van der Waals surface area contributed by atoms with Gasteiger partial charge in [0.15, 0.2) is 12.4 Å². The van der Waals surface area contributed by atoms with Crippen LogP contribution in [0.2, 0.25) is 0 Å². The lowest BCUT2D eigenvalue weighted by molar-refractivity contribution is -0.154. The third-order valence-electron chi connectivity index (χ3n) is 6.58. The van der Waals surface area contributed by atoms with Crippen molar-refractivity contribution in [1.29, 1.82) is 0 Å². The third-order valence-corrected chi connectivity index (χ3v) is 6.58. The summed E-state index contributed by atoms with van der Waals surface area (Å²) < 4.78 is 15.8. The van der Waals surface area contributed by atoms with Crippen molar-refractivity contribution in [2.45, 2.75) is 19.3 Å². The Balaban J connectivity index is 1.41. The zero-order valence-electron chi connectivity index (χ0n) is 18.2. The minimum absolute atomic E-state index is 0.00896. The molecule has 2 fully saturated rings. The van der Waals surface area contributed by atoms with Crippen molar-refractivity contribution in [1.82, 2.24) is 0 Å². The summed E-state index contributed by atoms with van der Waals surface area (Å²) in [6.45, 7) is -0.431. The molecule has 0 aliphatic heterocycles. The molecule has 0 unspecified atom stereocenters. The normalized spacial score (nSPS) is 23.4. The number of carbonyl (C=O) groups is 3. The second kappa shape index (κ2) is 9.42. The fourth-order valence-electron chi connectivity index (χ4n) is 5.13. The number of rotatable bonds is 8. The Hall–Kier alpha value is -3.35. The highest BCUT2D eigenvalue weighted by atomic mass is 16.5. The molecule has 7 nitrogen and oxygen atoms in total. The fraction of sp³-hybridized carbons (Fsp3) is 0.400. The molecule has 32 heavy (non-hydrogen) atoms. The van der Waals surface area contributed by atoms with Crippen molar-refractivity contribution in [3.05, 3.63) is 54.1 Å². The van der Waals surface area contributed by atoms with Crippen LogP contribution in [0.3, 0.4) is 0 Å². The van der Waals surface area contributed by atoms with E-state index in [4.69, 9.17) is 14.2 Å². The number of carbonyl (C=O) groups excluding carboxylic acids is 3. The minimum atomic E-state index is -0.499. The molecule has 4 atom stereocenters. The maximum atomic E-state index is 13.1. The van der Waals surface area contributed by atoms with E-state index in [9.17, 15) is 14.4 Å². The Morgan fingerprint density at radius 3 is 2.34 bits per heavy atom. The first kappa shape index (κ1) is 21.9. The molecule has 0 spiro atoms. The molecule has 2 aromatic rings. The van der Waals surface area contributed by atoms with Gasteiger partial charge in [0.05, 0.1) is 25.8 Å². The van der Waals surface area contributed by atoms with Gasteiger partial charge in [-0.2, -0.15) is 0 Å². The number of esters is 1. The van der Waals surface area contributed by atoms with Crippen LogP contribution in [0.5, 0.6) is 11.5 Å². The predicted octanol–water partition coefficient (Wildman–Crippen LogP) is 3.73. The molecule has 1 amide bonds. The van der Waals surface area contributed by atoms with E-state index in [1.165, 1.54) is 14.2 Å². The van der Waals surface area contributed by atoms with Gasteiger partial charge in [0.1, 0.15) is 11.5 Å². The quantitative estimate of drug-likeness (QED) is 0.500. The van der Waals surface area contributed by atoms with Crippen LogP contribution in [-0.2, 0) is 14.3 Å². The number of ketones is 1. The number of fused-ring (bicyclic) bond motifs is 2. The number of nitrogens with one attached hydrogen (secondary N) is 1. The van der Waals surface area contributed by atoms with Crippen molar-refractivity contribution in [3.8, 4) is 11.5 Å². The van der Waals surface area contributed by atoms with Crippen molar-refractivity contribution in [2.75, 3.05) is 26.1 Å². The lowest BCUT2D eigenvalue weighted by Gasteiger charge is -2.28. The molecular formula is C25H27NO6. The number of benzene rings is 2. The van der Waals surface area contributed by atoms with Gasteiger partial charge < -0.3 is 19.5 Å². The van der Waals surface area contributed by atoms with E-state index in [0.717, 1.165) is 19.3 Å². The zero-order chi connectivity index (χ0) is 22.7. The number of amides is 1. The number of hydrogen-bond acceptors (Lipinski definition) is 6. The summed E-state index contributed by atoms with van der Waals surface area (Å²) in [4.78, 5) is 38.6. The van der Waals surface area contributed by atoms with Gasteiger partial charge in [-0.3, -0.25) is 14.4 Å². The molecule has 2 bridgehead atoms. The maximum Gasteiger partial charge on any atom is 0.310 e. The largest absolute Gasteiger partial charge is 0.497 e. The van der Waals surface area contributed by atoms with Gasteiger partial charge in [0.25, 0.3) is 5.91 Å². The standard InChI is InChI=1S/C25H27NO6/c1-30-18-10-11-20(31-2)19(13-18)26-21(27)14-32-25(29)23-17-9-8-16(12-17)22(23)24(28)15-6-4-3-5-7-15/h3-7,10-11,13,16-17,22-23H,8-9,12,14H2,1-2H3,(H,26,27)/t16-,17-,22-,23-/m0/s1. The molecule has 0 saturated heterocycles. The molecule has 4 rings (SSSR count). The average molecular weight is 437 g/mol. The van der Waals surface area contributed by atoms with E-state index in [1.54, 1.807) is 30.3 Å². The molecule has 2 saturated carbocycles. The second-order valence-corrected chi connectivity index (χ2v) is 8.34. The van der Waals surface area contributed by atoms with Crippen LogP contribution in [0.15, 0.2) is 48.5 Å². The van der Waals surface area contributed by atoms with Gasteiger partial charge in [0.2, 0.25) is 0 Å². The van der Waals surface area contributed by atoms with Crippen molar-refractivity contribution in [2.24, 2.45) is 23.7 Å². The van der Waals surface area contributed by atoms with Crippen LogP contribution in [0.4, 0.5) is 5.69 Å². The van der Waals surface area contributed by atoms with Gasteiger partial charge in [-0.1, -0.05) is 30.3 Å². The molecule has 7 heteroatoms. The third kappa shape index (κ3) is 4.33. The molecular weight excluding hydrogens is 410 g/mol. The van der Waals surface area contributed by atoms with Gasteiger partial charge in [-0.05, 0) is 43.2 Å². The fourth-order valence-corrected chi connectivity index (χ4v) is 5.13. The van der Waals surface area contributed by atoms with E-state index >= 15 is 0 Å². The summed E-state index contributed by atoms with van der Waals surface area (Å²) in [5.74, 6) is -0.504. The molecule has 0 radical (unpaired) electrons. The van der Waals surface area contributed by atoms with Crippen LogP contribution in [0, 0.1) is 23.7 Å². The Kier molecular flexibility index (Phi) is 6.44. The van der Waals surface area contributed by atoms with Crippen LogP contribution in [0.1, 0.15) is 29.6 Å². The minimum Gasteiger partial charge on any atom is -0.497 e. The highest BCUT2D eigenvalue weighted by Crippen LogP contribution is 2.53. The molecule has 2 aliphatic rings. The van der Waals surface area contributed by atoms with E-state index in [2.05, 4.69) is 5.32 Å². The molecule has 0 heterocycles. The Morgan fingerprint density at radius 2 is 1.66 bits per heavy atom. The predicted molar refractivity (Wildman–Crippen MR) is 118 cm³/mol. The van der Waals surface area contributed by atoms with Gasteiger partial charge in [-0.25, -0.2) is 0 Å². The topological polar surface area (TPSA) is 90.9 Å². The highest BCUT2D eigenvalue weighted by molar-refractivity contribution is 6.01. The number of anilines is 1. The summed E-state index contributed by atoms with van der Waals surface area (Å²) >= 11 is 0. The summed E-state index contributed by atoms with van der Waals surface area (Å²) in [5, 5.41) is 2.69. The Labute approximate surface area is 187 Å². The number of methoxy groups -OCH3 is 2. The number of hydrogen-bond donors (Lipinski definition) is 1. The van der Waals surface area contributed by atoms with E-state index < -0.39 is 24.4 Å². The second-order valence-electron chi connectivity index (χ2n) is 8.34. The Morgan fingerprint density at radius 1 is 0.938 bits per heavy atom.